The summed E-state index contributed by atoms with van der Waals surface area (Å²) in [6.45, 7) is 2.52. The number of halogens is 2. The van der Waals surface area contributed by atoms with Gasteiger partial charge in [-0.1, -0.05) is 29.3 Å². The van der Waals surface area contributed by atoms with E-state index in [4.69, 9.17) is 23.2 Å². The van der Waals surface area contributed by atoms with Crippen molar-refractivity contribution in [1.82, 2.24) is 0 Å². The quantitative estimate of drug-likeness (QED) is 0.806. The number of carbonyl (C=O) groups excluding carboxylic acids is 3. The molecule has 0 unspecified atom stereocenters. The largest absolute Gasteiger partial charge is 0.326 e. The molecule has 2 N–H and O–H groups in total. The molecule has 0 atom stereocenters. The molecule has 0 saturated heterocycles. The van der Waals surface area contributed by atoms with Crippen LogP contribution in [0.5, 0.6) is 0 Å². The molecule has 2 aromatic rings. The number of rotatable bonds is 5. The van der Waals surface area contributed by atoms with E-state index >= 15 is 0 Å². The molecule has 0 bridgehead atoms. The number of amides is 3. The van der Waals surface area contributed by atoms with Crippen LogP contribution in [-0.2, 0) is 14.4 Å². The zero-order chi connectivity index (χ0) is 19.3. The first-order valence-electron chi connectivity index (χ1n) is 7.67. The van der Waals surface area contributed by atoms with Crippen LogP contribution in [0.15, 0.2) is 42.5 Å². The van der Waals surface area contributed by atoms with E-state index in [0.717, 1.165) is 0 Å². The van der Waals surface area contributed by atoms with Crippen molar-refractivity contribution in [3.63, 3.8) is 0 Å². The average Bonchev–Trinajstić information content (AvgIpc) is 2.55. The molecule has 0 spiro atoms. The lowest BCUT2D eigenvalue weighted by atomic mass is 10.2. The van der Waals surface area contributed by atoms with Gasteiger partial charge in [0.05, 0.1) is 10.7 Å². The fourth-order valence-electron chi connectivity index (χ4n) is 2.27. The van der Waals surface area contributed by atoms with Crippen molar-refractivity contribution in [2.75, 3.05) is 22.1 Å². The predicted octanol–water partition coefficient (Wildman–Crippen LogP) is 3.94. The molecule has 3 amide bonds. The molecule has 26 heavy (non-hydrogen) atoms. The van der Waals surface area contributed by atoms with E-state index in [9.17, 15) is 14.4 Å². The van der Waals surface area contributed by atoms with Gasteiger partial charge in [-0.25, -0.2) is 0 Å². The first-order valence-corrected chi connectivity index (χ1v) is 8.42. The van der Waals surface area contributed by atoms with E-state index in [1.54, 1.807) is 36.4 Å². The van der Waals surface area contributed by atoms with E-state index in [1.807, 2.05) is 0 Å². The summed E-state index contributed by atoms with van der Waals surface area (Å²) in [6, 6.07) is 11.4. The SMILES string of the molecule is CC(=O)Nc1cccc(N(CC(=O)Nc2cc(Cl)ccc2Cl)C(C)=O)c1. The predicted molar refractivity (Wildman–Crippen MR) is 104 cm³/mol. The number of benzene rings is 2. The van der Waals surface area contributed by atoms with Gasteiger partial charge >= 0.3 is 0 Å². The monoisotopic (exact) mass is 393 g/mol. The summed E-state index contributed by atoms with van der Waals surface area (Å²) < 4.78 is 0. The molecule has 6 nitrogen and oxygen atoms in total. The Kier molecular flexibility index (Phi) is 6.60. The molecule has 0 aliphatic rings. The van der Waals surface area contributed by atoms with E-state index in [-0.39, 0.29) is 18.4 Å². The van der Waals surface area contributed by atoms with Gasteiger partial charge < -0.3 is 15.5 Å². The fourth-order valence-corrected chi connectivity index (χ4v) is 2.60. The Bertz CT molecular complexity index is 855. The van der Waals surface area contributed by atoms with Gasteiger partial charge in [0.2, 0.25) is 17.7 Å². The summed E-state index contributed by atoms with van der Waals surface area (Å²) in [5.41, 5.74) is 1.37. The molecule has 0 aliphatic carbocycles. The highest BCUT2D eigenvalue weighted by molar-refractivity contribution is 6.35. The standard InChI is InChI=1S/C18H17Cl2N3O3/c1-11(24)21-14-4-3-5-15(9-14)23(12(2)25)10-18(26)22-17-8-13(19)6-7-16(17)20/h3-9H,10H2,1-2H3,(H,21,24)(H,22,26). The molecule has 0 aromatic heterocycles. The number of hydrogen-bond donors (Lipinski definition) is 2. The Balaban J connectivity index is 2.17. The van der Waals surface area contributed by atoms with Gasteiger partial charge in [0.25, 0.3) is 0 Å². The third-order valence-electron chi connectivity index (χ3n) is 3.36. The first kappa shape index (κ1) is 19.8. The average molecular weight is 394 g/mol. The second-order valence-electron chi connectivity index (χ2n) is 5.51. The maximum atomic E-state index is 12.4. The third-order valence-corrected chi connectivity index (χ3v) is 3.93. The number of nitrogens with zero attached hydrogens (tertiary/aromatic N) is 1. The normalized spacial score (nSPS) is 10.2. The van der Waals surface area contributed by atoms with Crippen LogP contribution in [0.2, 0.25) is 10.0 Å². The van der Waals surface area contributed by atoms with Crippen LogP contribution >= 0.6 is 23.2 Å². The number of hydrogen-bond acceptors (Lipinski definition) is 3. The van der Waals surface area contributed by atoms with Gasteiger partial charge in [-0.05, 0) is 36.4 Å². The minimum atomic E-state index is -0.436. The molecule has 0 radical (unpaired) electrons. The molecule has 8 heteroatoms. The lowest BCUT2D eigenvalue weighted by Crippen LogP contribution is -2.36. The van der Waals surface area contributed by atoms with Gasteiger partial charge in [0.15, 0.2) is 0 Å². The van der Waals surface area contributed by atoms with Crippen LogP contribution in [0, 0.1) is 0 Å². The number of nitrogens with one attached hydrogen (secondary N) is 2. The van der Waals surface area contributed by atoms with Gasteiger partial charge in [0, 0.05) is 30.2 Å². The smallest absolute Gasteiger partial charge is 0.244 e. The van der Waals surface area contributed by atoms with Gasteiger partial charge in [-0.2, -0.15) is 0 Å². The van der Waals surface area contributed by atoms with Crippen molar-refractivity contribution in [3.8, 4) is 0 Å². The van der Waals surface area contributed by atoms with Crippen LogP contribution in [0.3, 0.4) is 0 Å². The highest BCUT2D eigenvalue weighted by Crippen LogP contribution is 2.26. The van der Waals surface area contributed by atoms with Crippen molar-refractivity contribution >= 4 is 58.0 Å². The van der Waals surface area contributed by atoms with E-state index in [2.05, 4.69) is 10.6 Å². The lowest BCUT2D eigenvalue weighted by Gasteiger charge is -2.21. The van der Waals surface area contributed by atoms with E-state index in [1.165, 1.54) is 24.8 Å². The van der Waals surface area contributed by atoms with Crippen molar-refractivity contribution in [2.45, 2.75) is 13.8 Å². The zero-order valence-corrected chi connectivity index (χ0v) is 15.7. The summed E-state index contributed by atoms with van der Waals surface area (Å²) in [7, 11) is 0. The molecule has 0 saturated carbocycles. The van der Waals surface area contributed by atoms with Crippen LogP contribution in [0.1, 0.15) is 13.8 Å². The molecular formula is C18H17Cl2N3O3. The van der Waals surface area contributed by atoms with Crippen LogP contribution in [0.25, 0.3) is 0 Å². The second kappa shape index (κ2) is 8.69. The summed E-state index contributed by atoms with van der Waals surface area (Å²) >= 11 is 11.9. The second-order valence-corrected chi connectivity index (χ2v) is 6.35. The third kappa shape index (κ3) is 5.47. The first-order chi connectivity index (χ1) is 12.3. The Hall–Kier alpha value is -2.57. The lowest BCUT2D eigenvalue weighted by molar-refractivity contribution is -0.120. The minimum Gasteiger partial charge on any atom is -0.326 e. The summed E-state index contributed by atoms with van der Waals surface area (Å²) in [5, 5.41) is 6.04. The summed E-state index contributed by atoms with van der Waals surface area (Å²) in [4.78, 5) is 36.8. The van der Waals surface area contributed by atoms with Crippen LogP contribution < -0.4 is 15.5 Å². The Morgan fingerprint density at radius 3 is 2.38 bits per heavy atom. The van der Waals surface area contributed by atoms with Crippen LogP contribution in [-0.4, -0.2) is 24.3 Å². The van der Waals surface area contributed by atoms with Crippen LogP contribution in [0.4, 0.5) is 17.1 Å². The zero-order valence-electron chi connectivity index (χ0n) is 14.2. The molecule has 0 heterocycles. The fraction of sp³-hybridized carbons (Fsp3) is 0.167. The highest BCUT2D eigenvalue weighted by Gasteiger charge is 2.17. The molecule has 2 aromatic carbocycles. The van der Waals surface area contributed by atoms with Gasteiger partial charge in [0.1, 0.15) is 6.54 Å². The minimum absolute atomic E-state index is 0.221. The van der Waals surface area contributed by atoms with Gasteiger partial charge in [-0.15, -0.1) is 0 Å². The summed E-state index contributed by atoms with van der Waals surface area (Å²) in [5.74, 6) is -0.989. The number of anilines is 3. The molecule has 2 rings (SSSR count). The molecule has 136 valence electrons. The summed E-state index contributed by atoms with van der Waals surface area (Å²) in [6.07, 6.45) is 0. The Morgan fingerprint density at radius 2 is 1.73 bits per heavy atom. The maximum absolute atomic E-state index is 12.4. The van der Waals surface area contributed by atoms with Gasteiger partial charge in [-0.3, -0.25) is 14.4 Å². The molecule has 0 fully saturated rings. The Labute approximate surface area is 161 Å². The van der Waals surface area contributed by atoms with E-state index < -0.39 is 5.91 Å². The van der Waals surface area contributed by atoms with Crippen molar-refractivity contribution in [3.05, 3.63) is 52.5 Å². The van der Waals surface area contributed by atoms with Crippen molar-refractivity contribution < 1.29 is 14.4 Å². The van der Waals surface area contributed by atoms with Crippen molar-refractivity contribution in [2.24, 2.45) is 0 Å². The van der Waals surface area contributed by atoms with Crippen molar-refractivity contribution in [1.29, 1.82) is 0 Å². The Morgan fingerprint density at radius 1 is 1.00 bits per heavy atom. The highest BCUT2D eigenvalue weighted by atomic mass is 35.5. The number of carbonyl (C=O) groups is 3. The maximum Gasteiger partial charge on any atom is 0.244 e. The van der Waals surface area contributed by atoms with E-state index in [0.29, 0.717) is 27.1 Å². The molecule has 0 aliphatic heterocycles. The topological polar surface area (TPSA) is 78.5 Å². The molecular weight excluding hydrogens is 377 g/mol.